The molecule has 0 spiro atoms. The number of rotatable bonds is 6. The van der Waals surface area contributed by atoms with Crippen molar-refractivity contribution in [3.8, 4) is 5.75 Å². The minimum absolute atomic E-state index is 0.00491. The lowest BCUT2D eigenvalue weighted by Crippen LogP contribution is -2.54. The number of carbonyl (C=O) groups excluding carboxylic acids is 3. The molecule has 1 aliphatic heterocycles. The van der Waals surface area contributed by atoms with Crippen LogP contribution in [0.15, 0.2) is 72.3 Å². The second-order valence-corrected chi connectivity index (χ2v) is 8.16. The summed E-state index contributed by atoms with van der Waals surface area (Å²) in [4.78, 5) is 49.5. The molecule has 0 radical (unpaired) electrons. The smallest absolute Gasteiger partial charge is 0.335 e. The number of barbiturate groups is 1. The van der Waals surface area contributed by atoms with Gasteiger partial charge in [0.25, 0.3) is 11.8 Å². The van der Waals surface area contributed by atoms with Crippen LogP contribution in [0.1, 0.15) is 32.6 Å². The van der Waals surface area contributed by atoms with Crippen molar-refractivity contribution in [3.05, 3.63) is 100 Å². The number of aryl methyl sites for hydroxylation is 2. The Morgan fingerprint density at radius 2 is 1.57 bits per heavy atom. The number of benzene rings is 3. The number of ether oxygens (including phenoxy) is 1. The van der Waals surface area contributed by atoms with Crippen LogP contribution in [0.5, 0.6) is 5.75 Å². The molecular formula is C27H22N2O6. The lowest BCUT2D eigenvalue weighted by atomic mass is 10.1. The molecule has 0 unspecified atom stereocenters. The van der Waals surface area contributed by atoms with E-state index in [1.165, 1.54) is 30.3 Å². The zero-order chi connectivity index (χ0) is 25.1. The van der Waals surface area contributed by atoms with Crippen LogP contribution in [0.3, 0.4) is 0 Å². The summed E-state index contributed by atoms with van der Waals surface area (Å²) in [5.74, 6) is -2.13. The van der Waals surface area contributed by atoms with Gasteiger partial charge in [-0.25, -0.2) is 14.5 Å². The van der Waals surface area contributed by atoms with Gasteiger partial charge in [-0.3, -0.25) is 14.9 Å². The minimum Gasteiger partial charge on any atom is -0.489 e. The Morgan fingerprint density at radius 3 is 2.17 bits per heavy atom. The normalized spacial score (nSPS) is 14.7. The fraction of sp³-hybridized carbons (Fsp3) is 0.111. The zero-order valence-electron chi connectivity index (χ0n) is 19.1. The number of amides is 4. The predicted molar refractivity (Wildman–Crippen MR) is 129 cm³/mol. The number of nitrogens with zero attached hydrogens (tertiary/aromatic N) is 1. The van der Waals surface area contributed by atoms with E-state index < -0.39 is 23.8 Å². The van der Waals surface area contributed by atoms with Crippen LogP contribution in [0.2, 0.25) is 0 Å². The fourth-order valence-electron chi connectivity index (χ4n) is 3.79. The van der Waals surface area contributed by atoms with Gasteiger partial charge < -0.3 is 9.84 Å². The van der Waals surface area contributed by atoms with Crippen molar-refractivity contribution in [2.24, 2.45) is 0 Å². The Balaban J connectivity index is 1.51. The van der Waals surface area contributed by atoms with Gasteiger partial charge in [0, 0.05) is 0 Å². The summed E-state index contributed by atoms with van der Waals surface area (Å²) in [6.45, 7) is 4.46. The Labute approximate surface area is 201 Å². The Bertz CT molecular complexity index is 1340. The molecule has 8 nitrogen and oxygen atoms in total. The van der Waals surface area contributed by atoms with Crippen molar-refractivity contribution in [2.45, 2.75) is 20.5 Å². The van der Waals surface area contributed by atoms with Crippen LogP contribution in [0, 0.1) is 13.8 Å². The maximum absolute atomic E-state index is 13.0. The monoisotopic (exact) mass is 470 g/mol. The number of hydrogen-bond donors (Lipinski definition) is 2. The van der Waals surface area contributed by atoms with E-state index in [0.29, 0.717) is 17.9 Å². The second kappa shape index (κ2) is 9.64. The number of urea groups is 1. The van der Waals surface area contributed by atoms with E-state index in [2.05, 4.69) is 23.5 Å². The number of carboxylic acids is 1. The molecule has 0 aromatic heterocycles. The Morgan fingerprint density at radius 1 is 0.943 bits per heavy atom. The quantitative estimate of drug-likeness (QED) is 0.411. The topological polar surface area (TPSA) is 113 Å². The van der Waals surface area contributed by atoms with Crippen molar-refractivity contribution in [1.82, 2.24) is 5.32 Å². The SMILES string of the molecule is Cc1cc(C)cc(COc2ccc(/C=C3\C(=O)NC(=O)N(c4ccc(C(=O)O)cc4)C3=O)cc2)c1. The number of carboxylic acid groups (broad SMARTS) is 1. The molecule has 0 aliphatic carbocycles. The van der Waals surface area contributed by atoms with E-state index in [-0.39, 0.29) is 16.8 Å². The summed E-state index contributed by atoms with van der Waals surface area (Å²) in [5, 5.41) is 11.2. The molecule has 4 rings (SSSR count). The van der Waals surface area contributed by atoms with Gasteiger partial charge in [-0.2, -0.15) is 0 Å². The van der Waals surface area contributed by atoms with Crippen molar-refractivity contribution >= 4 is 35.6 Å². The molecule has 176 valence electrons. The molecule has 2 N–H and O–H groups in total. The number of aromatic carboxylic acids is 1. The molecule has 1 saturated heterocycles. The molecule has 35 heavy (non-hydrogen) atoms. The van der Waals surface area contributed by atoms with Crippen LogP contribution in [0.25, 0.3) is 6.08 Å². The fourth-order valence-corrected chi connectivity index (χ4v) is 3.79. The van der Waals surface area contributed by atoms with Crippen molar-refractivity contribution in [3.63, 3.8) is 0 Å². The standard InChI is InChI=1S/C27H22N2O6/c1-16-11-17(2)13-19(12-16)15-35-22-9-3-18(4-10-22)14-23-24(30)28-27(34)29(25(23)31)21-7-5-20(6-8-21)26(32)33/h3-14H,15H2,1-2H3,(H,32,33)(H,28,30,34)/b23-14+. The van der Waals surface area contributed by atoms with Crippen LogP contribution < -0.4 is 15.0 Å². The van der Waals surface area contributed by atoms with Gasteiger partial charge in [-0.05, 0) is 67.4 Å². The maximum atomic E-state index is 13.0. The summed E-state index contributed by atoms with van der Waals surface area (Å²) in [6.07, 6.45) is 1.39. The van der Waals surface area contributed by atoms with Gasteiger partial charge in [0.05, 0.1) is 11.3 Å². The summed E-state index contributed by atoms with van der Waals surface area (Å²) in [5.41, 5.74) is 3.86. The molecule has 1 fully saturated rings. The van der Waals surface area contributed by atoms with Gasteiger partial charge in [0.2, 0.25) is 0 Å². The molecule has 1 aliphatic rings. The average molecular weight is 470 g/mol. The first-order chi connectivity index (χ1) is 16.7. The van der Waals surface area contributed by atoms with Gasteiger partial charge in [0.1, 0.15) is 17.9 Å². The molecule has 1 heterocycles. The first kappa shape index (κ1) is 23.4. The van der Waals surface area contributed by atoms with Crippen LogP contribution in [-0.4, -0.2) is 28.9 Å². The van der Waals surface area contributed by atoms with E-state index in [1.54, 1.807) is 24.3 Å². The third kappa shape index (κ3) is 5.27. The summed E-state index contributed by atoms with van der Waals surface area (Å²) in [6, 6.07) is 17.4. The zero-order valence-corrected chi connectivity index (χ0v) is 19.1. The highest BCUT2D eigenvalue weighted by molar-refractivity contribution is 6.39. The lowest BCUT2D eigenvalue weighted by molar-refractivity contribution is -0.122. The van der Waals surface area contributed by atoms with Gasteiger partial charge >= 0.3 is 12.0 Å². The number of nitrogens with one attached hydrogen (secondary N) is 1. The number of anilines is 1. The Kier molecular flexibility index (Phi) is 6.46. The Hall–Kier alpha value is -4.72. The van der Waals surface area contributed by atoms with E-state index >= 15 is 0 Å². The van der Waals surface area contributed by atoms with Crippen molar-refractivity contribution in [1.29, 1.82) is 0 Å². The summed E-state index contributed by atoms with van der Waals surface area (Å²) in [7, 11) is 0. The van der Waals surface area contributed by atoms with E-state index in [0.717, 1.165) is 21.6 Å². The van der Waals surface area contributed by atoms with Gasteiger partial charge in [-0.1, -0.05) is 41.5 Å². The van der Waals surface area contributed by atoms with E-state index in [9.17, 15) is 19.2 Å². The third-order valence-corrected chi connectivity index (χ3v) is 5.35. The van der Waals surface area contributed by atoms with Crippen molar-refractivity contribution < 1.29 is 29.0 Å². The van der Waals surface area contributed by atoms with E-state index in [4.69, 9.17) is 9.84 Å². The maximum Gasteiger partial charge on any atom is 0.335 e. The molecule has 0 atom stereocenters. The van der Waals surface area contributed by atoms with Crippen LogP contribution >= 0.6 is 0 Å². The average Bonchev–Trinajstić information content (AvgIpc) is 2.81. The van der Waals surface area contributed by atoms with Gasteiger partial charge in [0.15, 0.2) is 0 Å². The molecular weight excluding hydrogens is 448 g/mol. The largest absolute Gasteiger partial charge is 0.489 e. The first-order valence-electron chi connectivity index (χ1n) is 10.8. The van der Waals surface area contributed by atoms with Crippen LogP contribution in [0.4, 0.5) is 10.5 Å². The van der Waals surface area contributed by atoms with Crippen LogP contribution in [-0.2, 0) is 16.2 Å². The highest BCUT2D eigenvalue weighted by Crippen LogP contribution is 2.23. The lowest BCUT2D eigenvalue weighted by Gasteiger charge is -2.26. The minimum atomic E-state index is -1.14. The van der Waals surface area contributed by atoms with E-state index in [1.807, 2.05) is 13.8 Å². The highest BCUT2D eigenvalue weighted by Gasteiger charge is 2.36. The number of hydrogen-bond acceptors (Lipinski definition) is 5. The number of imide groups is 2. The molecule has 0 saturated carbocycles. The summed E-state index contributed by atoms with van der Waals surface area (Å²) < 4.78 is 5.84. The van der Waals surface area contributed by atoms with Gasteiger partial charge in [-0.15, -0.1) is 0 Å². The summed E-state index contributed by atoms with van der Waals surface area (Å²) >= 11 is 0. The predicted octanol–water partition coefficient (Wildman–Crippen LogP) is 4.25. The molecule has 4 amide bonds. The molecule has 3 aromatic carbocycles. The molecule has 3 aromatic rings. The molecule has 0 bridgehead atoms. The number of carbonyl (C=O) groups is 4. The second-order valence-electron chi connectivity index (χ2n) is 8.16. The highest BCUT2D eigenvalue weighted by atomic mass is 16.5. The third-order valence-electron chi connectivity index (χ3n) is 5.35. The molecule has 8 heteroatoms. The van der Waals surface area contributed by atoms with Crippen molar-refractivity contribution in [2.75, 3.05) is 4.90 Å². The first-order valence-corrected chi connectivity index (χ1v) is 10.8.